The molecule has 0 spiro atoms. The average Bonchev–Trinajstić information content (AvgIpc) is 2.38. The van der Waals surface area contributed by atoms with Crippen molar-refractivity contribution >= 4 is 11.5 Å². The van der Waals surface area contributed by atoms with Gasteiger partial charge in [0.15, 0.2) is 0 Å². The molecule has 6 heteroatoms. The van der Waals surface area contributed by atoms with Crippen molar-refractivity contribution in [2.45, 2.75) is 19.8 Å². The van der Waals surface area contributed by atoms with Gasteiger partial charge in [0.1, 0.15) is 0 Å². The lowest BCUT2D eigenvalue weighted by Gasteiger charge is -2.32. The molecule has 2 heterocycles. The summed E-state index contributed by atoms with van der Waals surface area (Å²) in [6, 6.07) is 3.20. The van der Waals surface area contributed by atoms with E-state index in [1.165, 1.54) is 6.07 Å². The van der Waals surface area contributed by atoms with Gasteiger partial charge in [0.2, 0.25) is 5.82 Å². The summed E-state index contributed by atoms with van der Waals surface area (Å²) in [5.74, 6) is 0.888. The Labute approximate surface area is 106 Å². The topological polar surface area (TPSA) is 85.3 Å². The number of hydrogen-bond acceptors (Lipinski definition) is 5. The van der Waals surface area contributed by atoms with Crippen molar-refractivity contribution in [2.75, 3.05) is 24.5 Å². The monoisotopic (exact) mass is 250 g/mol. The molecule has 6 nitrogen and oxygen atoms in total. The molecule has 0 radical (unpaired) electrons. The minimum absolute atomic E-state index is 0.0817. The molecule has 0 aliphatic carbocycles. The van der Waals surface area contributed by atoms with Crippen molar-refractivity contribution in [3.63, 3.8) is 0 Å². The van der Waals surface area contributed by atoms with Gasteiger partial charge >= 0.3 is 5.69 Å². The van der Waals surface area contributed by atoms with Crippen molar-refractivity contribution < 1.29 is 4.92 Å². The Morgan fingerprint density at radius 3 is 3.06 bits per heavy atom. The second-order valence-corrected chi connectivity index (χ2v) is 4.74. The molecule has 2 rings (SSSR count). The fourth-order valence-corrected chi connectivity index (χ4v) is 2.36. The zero-order valence-electron chi connectivity index (χ0n) is 10.5. The van der Waals surface area contributed by atoms with Crippen molar-refractivity contribution in [3.05, 3.63) is 27.9 Å². The Morgan fingerprint density at radius 1 is 1.61 bits per heavy atom. The van der Waals surface area contributed by atoms with Gasteiger partial charge in [0.25, 0.3) is 0 Å². The molecule has 98 valence electrons. The molecule has 1 aliphatic heterocycles. The first-order chi connectivity index (χ1) is 8.61. The molecule has 1 atom stereocenters. The van der Waals surface area contributed by atoms with Crippen molar-refractivity contribution in [3.8, 4) is 0 Å². The van der Waals surface area contributed by atoms with Gasteiger partial charge in [0.05, 0.1) is 4.92 Å². The van der Waals surface area contributed by atoms with Gasteiger partial charge in [0, 0.05) is 24.8 Å². The summed E-state index contributed by atoms with van der Waals surface area (Å²) in [7, 11) is 0. The fraction of sp³-hybridized carbons (Fsp3) is 0.583. The van der Waals surface area contributed by atoms with Crippen molar-refractivity contribution in [1.82, 2.24) is 4.98 Å². The highest BCUT2D eigenvalue weighted by atomic mass is 16.6. The predicted molar refractivity (Wildman–Crippen MR) is 69.6 cm³/mol. The summed E-state index contributed by atoms with van der Waals surface area (Å²) >= 11 is 0. The molecular weight excluding hydrogens is 232 g/mol. The summed E-state index contributed by atoms with van der Waals surface area (Å²) in [4.78, 5) is 17.0. The number of hydrogen-bond donors (Lipinski definition) is 1. The number of nitrogens with zero attached hydrogens (tertiary/aromatic N) is 3. The van der Waals surface area contributed by atoms with E-state index in [2.05, 4.69) is 4.98 Å². The molecule has 1 aliphatic rings. The summed E-state index contributed by atoms with van der Waals surface area (Å²) < 4.78 is 0. The average molecular weight is 250 g/mol. The van der Waals surface area contributed by atoms with Gasteiger partial charge in [-0.15, -0.1) is 0 Å². The van der Waals surface area contributed by atoms with E-state index in [1.807, 2.05) is 11.8 Å². The molecule has 0 saturated carbocycles. The number of nitro groups is 1. The van der Waals surface area contributed by atoms with Crippen molar-refractivity contribution in [1.29, 1.82) is 0 Å². The summed E-state index contributed by atoms with van der Waals surface area (Å²) in [5, 5.41) is 11.0. The molecule has 1 unspecified atom stereocenters. The SMILES string of the molecule is Cc1ccc([N+](=O)[O-])c(N2CCCC(CN)C2)n1. The van der Waals surface area contributed by atoms with Crippen LogP contribution in [0.2, 0.25) is 0 Å². The van der Waals surface area contributed by atoms with Crippen LogP contribution < -0.4 is 10.6 Å². The van der Waals surface area contributed by atoms with Gasteiger partial charge in [-0.25, -0.2) is 4.98 Å². The lowest BCUT2D eigenvalue weighted by atomic mass is 9.98. The molecule has 1 fully saturated rings. The maximum atomic E-state index is 11.0. The number of rotatable bonds is 3. The fourth-order valence-electron chi connectivity index (χ4n) is 2.36. The predicted octanol–water partition coefficient (Wildman–Crippen LogP) is 1.47. The number of anilines is 1. The Balaban J connectivity index is 2.31. The third kappa shape index (κ3) is 2.59. The highest BCUT2D eigenvalue weighted by molar-refractivity contribution is 5.58. The molecular formula is C12H18N4O2. The zero-order chi connectivity index (χ0) is 13.1. The molecule has 0 amide bonds. The number of piperidine rings is 1. The minimum Gasteiger partial charge on any atom is -0.351 e. The maximum absolute atomic E-state index is 11.0. The van der Waals surface area contributed by atoms with Gasteiger partial charge in [-0.1, -0.05) is 0 Å². The van der Waals surface area contributed by atoms with E-state index in [0.717, 1.165) is 31.6 Å². The number of nitrogens with two attached hydrogens (primary N) is 1. The van der Waals surface area contributed by atoms with Crippen LogP contribution in [0.5, 0.6) is 0 Å². The molecule has 1 aromatic heterocycles. The van der Waals surface area contributed by atoms with E-state index in [4.69, 9.17) is 5.73 Å². The van der Waals surface area contributed by atoms with Gasteiger partial charge in [-0.05, 0) is 38.3 Å². The van der Waals surface area contributed by atoms with Crippen LogP contribution >= 0.6 is 0 Å². The maximum Gasteiger partial charge on any atom is 0.311 e. The first-order valence-electron chi connectivity index (χ1n) is 6.19. The molecule has 1 saturated heterocycles. The van der Waals surface area contributed by atoms with Gasteiger partial charge < -0.3 is 10.6 Å². The largest absolute Gasteiger partial charge is 0.351 e. The highest BCUT2D eigenvalue weighted by Crippen LogP contribution is 2.29. The third-order valence-electron chi connectivity index (χ3n) is 3.34. The smallest absolute Gasteiger partial charge is 0.311 e. The molecule has 18 heavy (non-hydrogen) atoms. The van der Waals surface area contributed by atoms with Crippen LogP contribution in [-0.4, -0.2) is 29.5 Å². The molecule has 1 aromatic rings. The Bertz CT molecular complexity index is 450. The van der Waals surface area contributed by atoms with Crippen molar-refractivity contribution in [2.24, 2.45) is 11.7 Å². The van der Waals surface area contributed by atoms with E-state index in [9.17, 15) is 10.1 Å². The van der Waals surface area contributed by atoms with Crippen LogP contribution in [-0.2, 0) is 0 Å². The first kappa shape index (κ1) is 12.8. The normalized spacial score (nSPS) is 19.9. The van der Waals surface area contributed by atoms with E-state index in [0.29, 0.717) is 18.3 Å². The summed E-state index contributed by atoms with van der Waals surface area (Å²) in [5.41, 5.74) is 6.57. The third-order valence-corrected chi connectivity index (χ3v) is 3.34. The standard InChI is InChI=1S/C12H18N4O2/c1-9-4-5-11(16(17)18)12(14-9)15-6-2-3-10(7-13)8-15/h4-5,10H,2-3,6-8,13H2,1H3. The summed E-state index contributed by atoms with van der Waals surface area (Å²) in [6.45, 7) is 4.04. The van der Waals surface area contributed by atoms with E-state index >= 15 is 0 Å². The second kappa shape index (κ2) is 5.30. The Kier molecular flexibility index (Phi) is 3.76. The lowest BCUT2D eigenvalue weighted by molar-refractivity contribution is -0.384. The van der Waals surface area contributed by atoms with E-state index in [1.54, 1.807) is 6.07 Å². The first-order valence-corrected chi connectivity index (χ1v) is 6.19. The molecule has 0 bridgehead atoms. The van der Waals surface area contributed by atoms with Crippen LogP contribution in [0.1, 0.15) is 18.5 Å². The molecule has 0 aromatic carbocycles. The molecule has 2 N–H and O–H groups in total. The van der Waals surface area contributed by atoms with Gasteiger partial charge in [-0.3, -0.25) is 10.1 Å². The van der Waals surface area contributed by atoms with E-state index in [-0.39, 0.29) is 10.6 Å². The minimum atomic E-state index is -0.367. The zero-order valence-corrected chi connectivity index (χ0v) is 10.5. The van der Waals surface area contributed by atoms with Crippen LogP contribution in [0.3, 0.4) is 0 Å². The van der Waals surface area contributed by atoms with Crippen LogP contribution in [0, 0.1) is 23.0 Å². The number of aryl methyl sites for hydroxylation is 1. The van der Waals surface area contributed by atoms with Gasteiger partial charge in [-0.2, -0.15) is 0 Å². The van der Waals surface area contributed by atoms with Crippen LogP contribution in [0.25, 0.3) is 0 Å². The van der Waals surface area contributed by atoms with Crippen LogP contribution in [0.4, 0.5) is 11.5 Å². The summed E-state index contributed by atoms with van der Waals surface area (Å²) in [6.07, 6.45) is 2.10. The Hall–Kier alpha value is -1.69. The van der Waals surface area contributed by atoms with Crippen LogP contribution in [0.15, 0.2) is 12.1 Å². The highest BCUT2D eigenvalue weighted by Gasteiger charge is 2.26. The lowest BCUT2D eigenvalue weighted by Crippen LogP contribution is -2.39. The second-order valence-electron chi connectivity index (χ2n) is 4.74. The van der Waals surface area contributed by atoms with E-state index < -0.39 is 0 Å². The quantitative estimate of drug-likeness (QED) is 0.648. The number of aromatic nitrogens is 1. The Morgan fingerprint density at radius 2 is 2.39 bits per heavy atom. The number of pyridine rings is 1.